The molecule has 0 aromatic rings. The molecule has 1 heterocycles. The number of amides is 1. The van der Waals surface area contributed by atoms with Crippen molar-refractivity contribution in [3.8, 4) is 0 Å². The molecule has 1 aliphatic rings. The summed E-state index contributed by atoms with van der Waals surface area (Å²) >= 11 is 0. The second-order valence-corrected chi connectivity index (χ2v) is 22.5. The van der Waals surface area contributed by atoms with Crippen molar-refractivity contribution in [1.82, 2.24) is 5.32 Å². The second-order valence-electron chi connectivity index (χ2n) is 22.5. The zero-order valence-corrected chi connectivity index (χ0v) is 49.1. The molecule has 440 valence electrons. The normalized spacial score (nSPS) is 19.2. The molecule has 75 heavy (non-hydrogen) atoms. The largest absolute Gasteiger partial charge is 0.394 e. The summed E-state index contributed by atoms with van der Waals surface area (Å²) < 4.78 is 11.3. The number of ether oxygens (including phenoxy) is 2. The van der Waals surface area contributed by atoms with Crippen LogP contribution in [0.3, 0.4) is 0 Å². The lowest BCUT2D eigenvalue weighted by Gasteiger charge is -2.40. The fraction of sp³-hybridized carbons (Fsp3) is 0.864. The molecule has 1 saturated heterocycles. The smallest absolute Gasteiger partial charge is 0.220 e. The van der Waals surface area contributed by atoms with E-state index in [0.717, 1.165) is 44.9 Å². The number of allylic oxidation sites excluding steroid dienone is 7. The maximum absolute atomic E-state index is 13.1. The summed E-state index contributed by atoms with van der Waals surface area (Å²) in [4.78, 5) is 13.1. The van der Waals surface area contributed by atoms with Crippen molar-refractivity contribution in [2.45, 2.75) is 352 Å². The zero-order valence-electron chi connectivity index (χ0n) is 49.1. The van der Waals surface area contributed by atoms with Gasteiger partial charge in [-0.1, -0.05) is 281 Å². The SMILES string of the molecule is CCCCCCCCCCCCCC/C=C\CCCCCCCCCCCCCCC(=O)NC(COC1OC(CO)C(O)C(O)C1O)C(O)/C=C/CC/C=C/CC/C=C/CCCCCCCCCCCCCCCC. The molecule has 0 radical (unpaired) electrons. The molecule has 1 rings (SSSR count). The van der Waals surface area contributed by atoms with E-state index in [1.54, 1.807) is 6.08 Å². The second kappa shape index (κ2) is 55.5. The number of hydrogen-bond acceptors (Lipinski definition) is 8. The molecule has 0 bridgehead atoms. The third-order valence-electron chi connectivity index (χ3n) is 15.4. The Kier molecular flexibility index (Phi) is 52.6. The van der Waals surface area contributed by atoms with Crippen LogP contribution in [-0.4, -0.2) is 87.5 Å². The van der Waals surface area contributed by atoms with Gasteiger partial charge in [0.25, 0.3) is 0 Å². The van der Waals surface area contributed by atoms with Crippen LogP contribution in [0, 0.1) is 0 Å². The quantitative estimate of drug-likeness (QED) is 0.0261. The number of carbonyl (C=O) groups excluding carboxylic acids is 1. The van der Waals surface area contributed by atoms with Crippen molar-refractivity contribution in [1.29, 1.82) is 0 Å². The fourth-order valence-corrected chi connectivity index (χ4v) is 10.2. The molecule has 0 spiro atoms. The van der Waals surface area contributed by atoms with Crippen LogP contribution in [0.5, 0.6) is 0 Å². The lowest BCUT2D eigenvalue weighted by Crippen LogP contribution is -2.60. The van der Waals surface area contributed by atoms with Crippen LogP contribution in [0.2, 0.25) is 0 Å². The van der Waals surface area contributed by atoms with E-state index in [1.165, 1.54) is 244 Å². The molecule has 1 amide bonds. The lowest BCUT2D eigenvalue weighted by molar-refractivity contribution is -0.302. The lowest BCUT2D eigenvalue weighted by atomic mass is 9.99. The summed E-state index contributed by atoms with van der Waals surface area (Å²) in [6, 6.07) is -0.830. The highest BCUT2D eigenvalue weighted by atomic mass is 16.7. The average molecular weight is 1060 g/mol. The Balaban J connectivity index is 2.20. The van der Waals surface area contributed by atoms with Gasteiger partial charge in [0, 0.05) is 6.42 Å². The van der Waals surface area contributed by atoms with Crippen LogP contribution in [0.15, 0.2) is 48.6 Å². The van der Waals surface area contributed by atoms with Gasteiger partial charge in [-0.25, -0.2) is 0 Å². The number of hydrogen-bond donors (Lipinski definition) is 6. The Labute approximate surface area is 463 Å². The van der Waals surface area contributed by atoms with Crippen molar-refractivity contribution in [2.24, 2.45) is 0 Å². The van der Waals surface area contributed by atoms with E-state index in [9.17, 15) is 30.3 Å². The summed E-state index contributed by atoms with van der Waals surface area (Å²) in [5.41, 5.74) is 0. The maximum Gasteiger partial charge on any atom is 0.220 e. The standard InChI is InChI=1S/C66H123NO8/c1-3-5-7-9-11-13-15-17-19-21-23-25-27-29-30-31-32-34-36-38-40-42-44-46-48-50-52-54-56-62(70)67-59(58-74-66-65(73)64(72)63(71)61(57-68)75-66)60(69)55-53-51-49-47-45-43-41-39-37-35-33-28-26-24-22-20-18-16-14-12-10-8-6-4-2/h29-30,37,39,45,47,53,55,59-61,63-66,68-69,71-73H,3-28,31-36,38,40-44,46,48-52,54,56-58H2,1-2H3,(H,67,70)/b30-29-,39-37+,47-45+,55-53+. The van der Waals surface area contributed by atoms with Gasteiger partial charge in [0.1, 0.15) is 24.4 Å². The van der Waals surface area contributed by atoms with Crippen molar-refractivity contribution in [3.63, 3.8) is 0 Å². The Bertz CT molecular complexity index is 1320. The van der Waals surface area contributed by atoms with Crippen LogP contribution in [-0.2, 0) is 14.3 Å². The van der Waals surface area contributed by atoms with Crippen LogP contribution in [0.1, 0.15) is 309 Å². The van der Waals surface area contributed by atoms with Crippen molar-refractivity contribution >= 4 is 5.91 Å². The first kappa shape index (κ1) is 71.2. The van der Waals surface area contributed by atoms with E-state index in [0.29, 0.717) is 6.42 Å². The minimum atomic E-state index is -1.58. The van der Waals surface area contributed by atoms with Gasteiger partial charge >= 0.3 is 0 Å². The first-order valence-corrected chi connectivity index (χ1v) is 32.4. The first-order valence-electron chi connectivity index (χ1n) is 32.4. The number of aliphatic hydroxyl groups excluding tert-OH is 5. The van der Waals surface area contributed by atoms with E-state index in [2.05, 4.69) is 55.6 Å². The van der Waals surface area contributed by atoms with Gasteiger partial charge in [-0.2, -0.15) is 0 Å². The topological polar surface area (TPSA) is 149 Å². The van der Waals surface area contributed by atoms with Gasteiger partial charge in [-0.3, -0.25) is 4.79 Å². The van der Waals surface area contributed by atoms with Gasteiger partial charge in [0.2, 0.25) is 5.91 Å². The Hall–Kier alpha value is -1.85. The predicted molar refractivity (Wildman–Crippen MR) is 318 cm³/mol. The Morgan fingerprint density at radius 1 is 0.440 bits per heavy atom. The number of carbonyl (C=O) groups is 1. The molecule has 0 aliphatic carbocycles. The van der Waals surface area contributed by atoms with Crippen LogP contribution < -0.4 is 5.32 Å². The van der Waals surface area contributed by atoms with Gasteiger partial charge in [-0.05, 0) is 70.6 Å². The van der Waals surface area contributed by atoms with Gasteiger partial charge in [-0.15, -0.1) is 0 Å². The maximum atomic E-state index is 13.1. The molecule has 6 N–H and O–H groups in total. The van der Waals surface area contributed by atoms with E-state index < -0.39 is 49.5 Å². The summed E-state index contributed by atoms with van der Waals surface area (Å²) in [6.07, 6.45) is 67.7. The molecule has 1 aliphatic heterocycles. The highest BCUT2D eigenvalue weighted by Crippen LogP contribution is 2.23. The summed E-state index contributed by atoms with van der Waals surface area (Å²) in [6.45, 7) is 3.80. The highest BCUT2D eigenvalue weighted by Gasteiger charge is 2.44. The minimum Gasteiger partial charge on any atom is -0.394 e. The highest BCUT2D eigenvalue weighted by molar-refractivity contribution is 5.76. The number of rotatable bonds is 56. The predicted octanol–water partition coefficient (Wildman–Crippen LogP) is 16.9. The van der Waals surface area contributed by atoms with Crippen molar-refractivity contribution in [2.75, 3.05) is 13.2 Å². The minimum absolute atomic E-state index is 0.188. The Morgan fingerprint density at radius 2 is 0.760 bits per heavy atom. The van der Waals surface area contributed by atoms with Crippen LogP contribution >= 0.6 is 0 Å². The summed E-state index contributed by atoms with van der Waals surface area (Å²) in [5, 5.41) is 54.6. The number of aliphatic hydroxyl groups is 5. The average Bonchev–Trinajstić information content (AvgIpc) is 3.41. The Morgan fingerprint density at radius 3 is 1.12 bits per heavy atom. The van der Waals surface area contributed by atoms with Crippen molar-refractivity contribution < 1.29 is 39.8 Å². The van der Waals surface area contributed by atoms with Crippen molar-refractivity contribution in [3.05, 3.63) is 48.6 Å². The molecular formula is C66H123NO8. The van der Waals surface area contributed by atoms with Gasteiger partial charge in [0.05, 0.1) is 25.4 Å². The number of unbranched alkanes of at least 4 members (excludes halogenated alkanes) is 40. The molecule has 9 nitrogen and oxygen atoms in total. The third-order valence-corrected chi connectivity index (χ3v) is 15.4. The van der Waals surface area contributed by atoms with Gasteiger partial charge < -0.3 is 40.3 Å². The first-order chi connectivity index (χ1) is 36.8. The summed E-state index contributed by atoms with van der Waals surface area (Å²) in [5.74, 6) is -0.188. The fourth-order valence-electron chi connectivity index (χ4n) is 10.2. The van der Waals surface area contributed by atoms with E-state index in [1.807, 2.05) is 6.08 Å². The van der Waals surface area contributed by atoms with Crippen LogP contribution in [0.4, 0.5) is 0 Å². The van der Waals surface area contributed by atoms with E-state index >= 15 is 0 Å². The van der Waals surface area contributed by atoms with Gasteiger partial charge in [0.15, 0.2) is 6.29 Å². The third kappa shape index (κ3) is 44.7. The zero-order chi connectivity index (χ0) is 54.3. The van der Waals surface area contributed by atoms with E-state index in [-0.39, 0.29) is 12.5 Å². The number of nitrogens with one attached hydrogen (secondary N) is 1. The molecule has 9 heteroatoms. The van der Waals surface area contributed by atoms with Crippen LogP contribution in [0.25, 0.3) is 0 Å². The summed E-state index contributed by atoms with van der Waals surface area (Å²) in [7, 11) is 0. The molecular weight excluding hydrogens is 935 g/mol. The molecule has 7 unspecified atom stereocenters. The molecule has 0 aromatic heterocycles. The molecule has 1 fully saturated rings. The monoisotopic (exact) mass is 1060 g/mol. The molecule has 0 aromatic carbocycles. The van der Waals surface area contributed by atoms with E-state index in [4.69, 9.17) is 9.47 Å². The molecule has 0 saturated carbocycles. The molecule has 7 atom stereocenters.